The van der Waals surface area contributed by atoms with E-state index in [4.69, 9.17) is 10.5 Å². The molecule has 0 fully saturated rings. The van der Waals surface area contributed by atoms with Gasteiger partial charge >= 0.3 is 5.97 Å². The van der Waals surface area contributed by atoms with Crippen molar-refractivity contribution in [2.24, 2.45) is 0 Å². The molecular formula is C23H19FN2O3. The quantitative estimate of drug-likeness (QED) is 0.450. The number of aromatic carboxylic acids is 1. The predicted molar refractivity (Wildman–Crippen MR) is 109 cm³/mol. The number of halogens is 1. The molecule has 5 nitrogen and oxygen atoms in total. The van der Waals surface area contributed by atoms with Crippen molar-refractivity contribution in [1.29, 1.82) is 5.41 Å². The highest BCUT2D eigenvalue weighted by Crippen LogP contribution is 2.27. The number of carboxylic acid groups (broad SMARTS) is 1. The van der Waals surface area contributed by atoms with E-state index in [1.165, 1.54) is 6.07 Å². The van der Waals surface area contributed by atoms with Crippen molar-refractivity contribution in [2.75, 3.05) is 0 Å². The second-order valence-electron chi connectivity index (χ2n) is 6.67. The average molecular weight is 390 g/mol. The third-order valence-corrected chi connectivity index (χ3v) is 4.64. The Morgan fingerprint density at radius 1 is 0.931 bits per heavy atom. The van der Waals surface area contributed by atoms with Gasteiger partial charge in [-0.1, -0.05) is 36.4 Å². The highest BCUT2D eigenvalue weighted by atomic mass is 19.1. The van der Waals surface area contributed by atoms with E-state index < -0.39 is 23.3 Å². The van der Waals surface area contributed by atoms with Gasteiger partial charge in [0.1, 0.15) is 11.7 Å². The average Bonchev–Trinajstić information content (AvgIpc) is 2.68. The number of aryl methyl sites for hydroxylation is 2. The summed E-state index contributed by atoms with van der Waals surface area (Å²) in [6.07, 6.45) is 0. The van der Waals surface area contributed by atoms with Crippen LogP contribution in [0.25, 0.3) is 11.1 Å². The van der Waals surface area contributed by atoms with Crippen LogP contribution in [0, 0.1) is 25.1 Å². The van der Waals surface area contributed by atoms with Gasteiger partial charge < -0.3 is 10.4 Å². The van der Waals surface area contributed by atoms with Crippen molar-refractivity contribution >= 4 is 17.7 Å². The van der Waals surface area contributed by atoms with Crippen LogP contribution in [0.2, 0.25) is 0 Å². The van der Waals surface area contributed by atoms with Gasteiger partial charge in [0.05, 0.1) is 5.56 Å². The smallest absolute Gasteiger partial charge is 0.338 e. The number of amidine groups is 1. The highest BCUT2D eigenvalue weighted by molar-refractivity contribution is 6.11. The minimum absolute atomic E-state index is 0.0769. The van der Waals surface area contributed by atoms with Gasteiger partial charge in [-0.3, -0.25) is 10.2 Å². The molecule has 3 N–H and O–H groups in total. The van der Waals surface area contributed by atoms with E-state index in [2.05, 4.69) is 5.32 Å². The third kappa shape index (κ3) is 4.21. The maximum atomic E-state index is 13.8. The number of carbonyl (C=O) groups is 2. The molecule has 0 atom stereocenters. The Morgan fingerprint density at radius 2 is 1.52 bits per heavy atom. The summed E-state index contributed by atoms with van der Waals surface area (Å²) in [5.74, 6) is -3.18. The van der Waals surface area contributed by atoms with Crippen LogP contribution in [0.4, 0.5) is 4.39 Å². The summed E-state index contributed by atoms with van der Waals surface area (Å²) in [5.41, 5.74) is 4.31. The van der Waals surface area contributed by atoms with E-state index in [1.807, 2.05) is 44.2 Å². The first kappa shape index (κ1) is 19.9. The van der Waals surface area contributed by atoms with E-state index in [9.17, 15) is 14.0 Å². The Morgan fingerprint density at radius 3 is 2.07 bits per heavy atom. The van der Waals surface area contributed by atoms with Crippen molar-refractivity contribution in [3.05, 3.63) is 94.3 Å². The lowest BCUT2D eigenvalue weighted by atomic mass is 9.95. The lowest BCUT2D eigenvalue weighted by molar-refractivity contribution is 0.0691. The summed E-state index contributed by atoms with van der Waals surface area (Å²) in [5, 5.41) is 19.2. The number of hydrogen-bond acceptors (Lipinski definition) is 3. The normalized spacial score (nSPS) is 10.4. The maximum absolute atomic E-state index is 13.8. The van der Waals surface area contributed by atoms with Crippen molar-refractivity contribution in [1.82, 2.24) is 5.32 Å². The minimum Gasteiger partial charge on any atom is -0.478 e. The minimum atomic E-state index is -1.39. The fraction of sp³-hybridized carbons (Fsp3) is 0.0870. The van der Waals surface area contributed by atoms with Crippen LogP contribution in [-0.4, -0.2) is 22.8 Å². The monoisotopic (exact) mass is 390 g/mol. The number of hydrogen-bond donors (Lipinski definition) is 3. The molecule has 146 valence electrons. The molecule has 0 unspecified atom stereocenters. The van der Waals surface area contributed by atoms with Crippen molar-refractivity contribution in [3.63, 3.8) is 0 Å². The Hall–Kier alpha value is -3.80. The molecular weight excluding hydrogens is 371 g/mol. The van der Waals surface area contributed by atoms with Gasteiger partial charge in [0.25, 0.3) is 5.91 Å². The summed E-state index contributed by atoms with van der Waals surface area (Å²) in [6.45, 7) is 4.05. The number of rotatable bonds is 4. The van der Waals surface area contributed by atoms with Crippen molar-refractivity contribution in [3.8, 4) is 11.1 Å². The summed E-state index contributed by atoms with van der Waals surface area (Å²) >= 11 is 0. The molecule has 3 aromatic rings. The fourth-order valence-corrected chi connectivity index (χ4v) is 3.16. The second-order valence-corrected chi connectivity index (χ2v) is 6.67. The summed E-state index contributed by atoms with van der Waals surface area (Å²) in [6, 6.07) is 16.3. The Labute approximate surface area is 167 Å². The van der Waals surface area contributed by atoms with E-state index in [-0.39, 0.29) is 11.4 Å². The van der Waals surface area contributed by atoms with Gasteiger partial charge in [-0.2, -0.15) is 0 Å². The van der Waals surface area contributed by atoms with Crippen LogP contribution in [0.5, 0.6) is 0 Å². The lowest BCUT2D eigenvalue weighted by Gasteiger charge is -2.11. The molecule has 29 heavy (non-hydrogen) atoms. The molecule has 1 amide bonds. The third-order valence-electron chi connectivity index (χ3n) is 4.64. The molecule has 3 aromatic carbocycles. The molecule has 0 bridgehead atoms. The van der Waals surface area contributed by atoms with Crippen LogP contribution in [0.3, 0.4) is 0 Å². The van der Waals surface area contributed by atoms with Crippen LogP contribution in [0.1, 0.15) is 37.4 Å². The number of carboxylic acids is 1. The Bertz CT molecular complexity index is 1100. The first-order chi connectivity index (χ1) is 13.8. The number of nitrogens with one attached hydrogen (secondary N) is 2. The van der Waals surface area contributed by atoms with Crippen LogP contribution >= 0.6 is 0 Å². The van der Waals surface area contributed by atoms with Gasteiger partial charge in [0, 0.05) is 11.1 Å². The SMILES string of the molecule is Cc1cccc(C)c1-c1ccc(C(=O)NC(=N)c2ccc(C(=O)O)c(F)c2)cc1. The Kier molecular flexibility index (Phi) is 5.54. The second kappa shape index (κ2) is 8.06. The molecule has 0 aromatic heterocycles. The largest absolute Gasteiger partial charge is 0.478 e. The van der Waals surface area contributed by atoms with E-state index in [0.717, 1.165) is 34.4 Å². The molecule has 0 saturated heterocycles. The van der Waals surface area contributed by atoms with E-state index in [0.29, 0.717) is 5.56 Å². The molecule has 0 radical (unpaired) electrons. The fourth-order valence-electron chi connectivity index (χ4n) is 3.16. The zero-order chi connectivity index (χ0) is 21.1. The van der Waals surface area contributed by atoms with Crippen molar-refractivity contribution in [2.45, 2.75) is 13.8 Å². The lowest BCUT2D eigenvalue weighted by Crippen LogP contribution is -2.30. The molecule has 0 heterocycles. The molecule has 6 heteroatoms. The van der Waals surface area contributed by atoms with Gasteiger partial charge in [-0.15, -0.1) is 0 Å². The number of carbonyl (C=O) groups excluding carboxylic acids is 1. The first-order valence-corrected chi connectivity index (χ1v) is 8.87. The van der Waals surface area contributed by atoms with Crippen LogP contribution < -0.4 is 5.32 Å². The molecule has 0 spiro atoms. The van der Waals surface area contributed by atoms with Gasteiger partial charge in [-0.05, 0) is 60.4 Å². The molecule has 0 aliphatic carbocycles. The molecule has 0 aliphatic heterocycles. The highest BCUT2D eigenvalue weighted by Gasteiger charge is 2.15. The Balaban J connectivity index is 1.77. The molecule has 0 saturated carbocycles. The van der Waals surface area contributed by atoms with E-state index in [1.54, 1.807) is 12.1 Å². The van der Waals surface area contributed by atoms with Gasteiger partial charge in [0.15, 0.2) is 0 Å². The van der Waals surface area contributed by atoms with Crippen molar-refractivity contribution < 1.29 is 19.1 Å². The predicted octanol–water partition coefficient (Wildman–Crippen LogP) is 4.56. The molecule has 0 aliphatic rings. The molecule has 3 rings (SSSR count). The van der Waals surface area contributed by atoms with Gasteiger partial charge in [0.2, 0.25) is 0 Å². The number of benzene rings is 3. The topological polar surface area (TPSA) is 90.3 Å². The summed E-state index contributed by atoms with van der Waals surface area (Å²) < 4.78 is 13.8. The van der Waals surface area contributed by atoms with Gasteiger partial charge in [-0.25, -0.2) is 9.18 Å². The zero-order valence-electron chi connectivity index (χ0n) is 15.9. The number of amides is 1. The zero-order valence-corrected chi connectivity index (χ0v) is 15.9. The summed E-state index contributed by atoms with van der Waals surface area (Å²) in [4.78, 5) is 23.3. The maximum Gasteiger partial charge on any atom is 0.338 e. The standard InChI is InChI=1S/C23H19FN2O3/c1-13-4-3-5-14(2)20(13)15-6-8-16(9-7-15)22(27)26-21(25)17-10-11-18(23(28)29)19(24)12-17/h3-12H,1-2H3,(H,28,29)(H2,25,26,27). The van der Waals surface area contributed by atoms with E-state index >= 15 is 0 Å². The first-order valence-electron chi connectivity index (χ1n) is 8.87. The summed E-state index contributed by atoms with van der Waals surface area (Å²) in [7, 11) is 0. The van der Waals surface area contributed by atoms with Crippen LogP contribution in [-0.2, 0) is 0 Å². The van der Waals surface area contributed by atoms with Crippen LogP contribution in [0.15, 0.2) is 60.7 Å².